The highest BCUT2D eigenvalue weighted by Gasteiger charge is 2.17. The summed E-state index contributed by atoms with van der Waals surface area (Å²) in [6.07, 6.45) is 0. The normalized spacial score (nSPS) is 9.90. The van der Waals surface area contributed by atoms with Gasteiger partial charge in [-0.25, -0.2) is 0 Å². The van der Waals surface area contributed by atoms with Crippen molar-refractivity contribution in [2.75, 3.05) is 7.11 Å². The summed E-state index contributed by atoms with van der Waals surface area (Å²) in [6, 6.07) is 3.46. The lowest BCUT2D eigenvalue weighted by molar-refractivity contribution is 0.331. The van der Waals surface area contributed by atoms with Crippen molar-refractivity contribution in [3.8, 4) is 0 Å². The Labute approximate surface area is 59.8 Å². The smallest absolute Gasteiger partial charge is 0.470 e. The molecule has 0 spiro atoms. The minimum atomic E-state index is -0.936. The Morgan fingerprint density at radius 3 is 2.70 bits per heavy atom. The van der Waals surface area contributed by atoms with Crippen LogP contribution < -0.4 is 5.66 Å². The Balaban J connectivity index is 2.74. The lowest BCUT2D eigenvalue weighted by atomic mass is 9.87. The molecule has 0 aromatic carbocycles. The summed E-state index contributed by atoms with van der Waals surface area (Å²) >= 11 is 0. The van der Waals surface area contributed by atoms with Crippen LogP contribution in [0.3, 0.4) is 0 Å². The van der Waals surface area contributed by atoms with Crippen molar-refractivity contribution in [2.24, 2.45) is 0 Å². The van der Waals surface area contributed by atoms with Gasteiger partial charge in [0.15, 0.2) is 0 Å². The zero-order chi connectivity index (χ0) is 7.56. The first kappa shape index (κ1) is 7.37. The number of hydrogen-bond donors (Lipinski definition) is 1. The highest BCUT2D eigenvalue weighted by molar-refractivity contribution is 6.58. The van der Waals surface area contributed by atoms with Crippen LogP contribution in [0.5, 0.6) is 0 Å². The average molecular weight is 140 g/mol. The predicted molar refractivity (Wildman–Crippen MR) is 38.1 cm³/mol. The van der Waals surface area contributed by atoms with E-state index in [0.717, 1.165) is 5.76 Å². The lowest BCUT2D eigenvalue weighted by Gasteiger charge is -1.96. The molecule has 1 rings (SSSR count). The van der Waals surface area contributed by atoms with E-state index in [2.05, 4.69) is 4.65 Å². The quantitative estimate of drug-likeness (QED) is 0.584. The molecule has 0 amide bonds. The molecule has 10 heavy (non-hydrogen) atoms. The van der Waals surface area contributed by atoms with Crippen LogP contribution in [0.25, 0.3) is 0 Å². The van der Waals surface area contributed by atoms with Crippen molar-refractivity contribution in [1.82, 2.24) is 0 Å². The lowest BCUT2D eigenvalue weighted by Crippen LogP contribution is -2.30. The Morgan fingerprint density at radius 1 is 1.60 bits per heavy atom. The Morgan fingerprint density at radius 2 is 2.30 bits per heavy atom. The van der Waals surface area contributed by atoms with Crippen LogP contribution in [-0.2, 0) is 4.65 Å². The van der Waals surface area contributed by atoms with Gasteiger partial charge in [-0.2, -0.15) is 0 Å². The second-order valence-electron chi connectivity index (χ2n) is 2.04. The molecule has 0 radical (unpaired) electrons. The summed E-state index contributed by atoms with van der Waals surface area (Å²) in [5.41, 5.74) is 0.444. The molecule has 1 aromatic rings. The minimum Gasteiger partial charge on any atom is -0.470 e. The van der Waals surface area contributed by atoms with Crippen LogP contribution in [0.15, 0.2) is 16.5 Å². The first-order valence-electron chi connectivity index (χ1n) is 3.01. The molecule has 54 valence electrons. The van der Waals surface area contributed by atoms with Crippen LogP contribution in [0.1, 0.15) is 5.76 Å². The predicted octanol–water partition coefficient (Wildman–Crippen LogP) is -0.0781. The van der Waals surface area contributed by atoms with Gasteiger partial charge in [-0.05, 0) is 19.1 Å². The van der Waals surface area contributed by atoms with Gasteiger partial charge in [0.05, 0.1) is 5.76 Å². The zero-order valence-corrected chi connectivity index (χ0v) is 6.00. The summed E-state index contributed by atoms with van der Waals surface area (Å²) in [4.78, 5) is 0. The van der Waals surface area contributed by atoms with Gasteiger partial charge in [-0.3, -0.25) is 0 Å². The van der Waals surface area contributed by atoms with E-state index in [1.807, 2.05) is 6.92 Å². The van der Waals surface area contributed by atoms with Crippen LogP contribution in [0, 0.1) is 6.92 Å². The van der Waals surface area contributed by atoms with E-state index in [-0.39, 0.29) is 0 Å². The van der Waals surface area contributed by atoms with Gasteiger partial charge in [0.1, 0.15) is 5.66 Å². The summed E-state index contributed by atoms with van der Waals surface area (Å²) in [5.74, 6) is 0.770. The monoisotopic (exact) mass is 140 g/mol. The highest BCUT2D eigenvalue weighted by atomic mass is 16.5. The number of furan rings is 1. The van der Waals surface area contributed by atoms with E-state index in [1.165, 1.54) is 7.11 Å². The SMILES string of the molecule is COB(O)c1ccc(C)o1. The van der Waals surface area contributed by atoms with E-state index >= 15 is 0 Å². The maximum absolute atomic E-state index is 9.03. The zero-order valence-electron chi connectivity index (χ0n) is 6.00. The molecule has 0 aliphatic carbocycles. The molecule has 1 heterocycles. The second-order valence-corrected chi connectivity index (χ2v) is 2.04. The van der Waals surface area contributed by atoms with Crippen LogP contribution in [-0.4, -0.2) is 19.3 Å². The molecule has 0 saturated carbocycles. The molecule has 0 atom stereocenters. The van der Waals surface area contributed by atoms with Gasteiger partial charge < -0.3 is 14.1 Å². The van der Waals surface area contributed by atoms with Crippen LogP contribution in [0.2, 0.25) is 0 Å². The van der Waals surface area contributed by atoms with E-state index in [9.17, 15) is 0 Å². The molecule has 0 aliphatic rings. The van der Waals surface area contributed by atoms with Crippen LogP contribution >= 0.6 is 0 Å². The van der Waals surface area contributed by atoms with Gasteiger partial charge in [-0.1, -0.05) is 0 Å². The van der Waals surface area contributed by atoms with Crippen molar-refractivity contribution >= 4 is 12.8 Å². The minimum absolute atomic E-state index is 0.444. The first-order chi connectivity index (χ1) is 4.74. The number of aryl methyl sites for hydroxylation is 1. The van der Waals surface area contributed by atoms with Crippen molar-refractivity contribution < 1.29 is 14.1 Å². The maximum atomic E-state index is 9.03. The second kappa shape index (κ2) is 2.90. The number of hydrogen-bond acceptors (Lipinski definition) is 3. The maximum Gasteiger partial charge on any atom is 0.528 e. The molecule has 4 heteroatoms. The van der Waals surface area contributed by atoms with Crippen LogP contribution in [0.4, 0.5) is 0 Å². The van der Waals surface area contributed by atoms with Crippen molar-refractivity contribution in [3.63, 3.8) is 0 Å². The largest absolute Gasteiger partial charge is 0.528 e. The molecule has 1 aromatic heterocycles. The standard InChI is InChI=1S/C6H9BO3/c1-5-3-4-6(10-5)7(8)9-2/h3-4,8H,1-2H3. The third-order valence-corrected chi connectivity index (χ3v) is 1.23. The van der Waals surface area contributed by atoms with Gasteiger partial charge in [-0.15, -0.1) is 0 Å². The van der Waals surface area contributed by atoms with Crippen molar-refractivity contribution in [3.05, 3.63) is 17.9 Å². The molecule has 1 N–H and O–H groups in total. The van der Waals surface area contributed by atoms with Gasteiger partial charge in [0, 0.05) is 7.11 Å². The van der Waals surface area contributed by atoms with E-state index < -0.39 is 7.12 Å². The molecule has 0 bridgehead atoms. The summed E-state index contributed by atoms with van der Waals surface area (Å²) in [7, 11) is 0.483. The molecular formula is C6H9BO3. The third kappa shape index (κ3) is 1.40. The van der Waals surface area contributed by atoms with E-state index in [0.29, 0.717) is 5.66 Å². The fraction of sp³-hybridized carbons (Fsp3) is 0.333. The van der Waals surface area contributed by atoms with Crippen molar-refractivity contribution in [2.45, 2.75) is 6.92 Å². The molecule has 0 unspecified atom stereocenters. The molecule has 0 aliphatic heterocycles. The Bertz CT molecular complexity index is 209. The van der Waals surface area contributed by atoms with Crippen molar-refractivity contribution in [1.29, 1.82) is 0 Å². The van der Waals surface area contributed by atoms with E-state index in [1.54, 1.807) is 12.1 Å². The van der Waals surface area contributed by atoms with Gasteiger partial charge >= 0.3 is 7.12 Å². The van der Waals surface area contributed by atoms with Gasteiger partial charge in [0.2, 0.25) is 0 Å². The van der Waals surface area contributed by atoms with E-state index in [4.69, 9.17) is 9.44 Å². The Kier molecular flexibility index (Phi) is 2.14. The Hall–Kier alpha value is -0.735. The summed E-state index contributed by atoms with van der Waals surface area (Å²) in [6.45, 7) is 1.81. The molecular weight excluding hydrogens is 131 g/mol. The molecule has 0 saturated heterocycles. The molecule has 0 fully saturated rings. The molecule has 3 nitrogen and oxygen atoms in total. The first-order valence-corrected chi connectivity index (χ1v) is 3.01. The number of rotatable bonds is 2. The van der Waals surface area contributed by atoms with Gasteiger partial charge in [0.25, 0.3) is 0 Å². The fourth-order valence-corrected chi connectivity index (χ4v) is 0.702. The third-order valence-electron chi connectivity index (χ3n) is 1.23. The summed E-state index contributed by atoms with van der Waals surface area (Å²) in [5, 5.41) is 9.03. The average Bonchev–Trinajstić information content (AvgIpc) is 2.34. The highest BCUT2D eigenvalue weighted by Crippen LogP contribution is 1.95. The summed E-state index contributed by atoms with van der Waals surface area (Å²) < 4.78 is 9.67. The fourth-order valence-electron chi connectivity index (χ4n) is 0.702. The topological polar surface area (TPSA) is 42.6 Å².